The van der Waals surface area contributed by atoms with E-state index in [9.17, 15) is 8.42 Å². The summed E-state index contributed by atoms with van der Waals surface area (Å²) in [6, 6.07) is 6.16. The van der Waals surface area contributed by atoms with Crippen LogP contribution in [0.2, 0.25) is 0 Å². The van der Waals surface area contributed by atoms with E-state index in [0.29, 0.717) is 6.61 Å². The summed E-state index contributed by atoms with van der Waals surface area (Å²) in [5.41, 5.74) is 2.76. The largest absolute Gasteiger partial charge is 0.493 e. The third-order valence-electron chi connectivity index (χ3n) is 3.89. The maximum Gasteiger partial charge on any atom is 0.233 e. The Morgan fingerprint density at radius 3 is 2.60 bits per heavy atom. The van der Waals surface area contributed by atoms with Crippen molar-refractivity contribution in [3.63, 3.8) is 0 Å². The van der Waals surface area contributed by atoms with Gasteiger partial charge in [0.15, 0.2) is 0 Å². The van der Waals surface area contributed by atoms with Gasteiger partial charge in [-0.25, -0.2) is 8.42 Å². The van der Waals surface area contributed by atoms with Crippen LogP contribution in [0.3, 0.4) is 0 Å². The molecule has 0 aliphatic heterocycles. The molecule has 1 aliphatic carbocycles. The summed E-state index contributed by atoms with van der Waals surface area (Å²) in [5, 5.41) is 0. The number of hydrogen-bond acceptors (Lipinski definition) is 3. The third-order valence-corrected chi connectivity index (χ3v) is 5.09. The first-order chi connectivity index (χ1) is 9.35. The predicted octanol–water partition coefficient (Wildman–Crippen LogP) is 3.39. The van der Waals surface area contributed by atoms with Crippen molar-refractivity contribution in [2.45, 2.75) is 33.1 Å². The summed E-state index contributed by atoms with van der Waals surface area (Å²) < 4.78 is 28.2. The molecule has 5 heteroatoms. The van der Waals surface area contributed by atoms with Gasteiger partial charge in [-0.15, -0.1) is 0 Å². The molecular weight excluding hydrogens is 296 g/mol. The lowest BCUT2D eigenvalue weighted by atomic mass is 9.99. The first kappa shape index (κ1) is 15.6. The molecule has 0 spiro atoms. The Labute approximate surface area is 125 Å². The van der Waals surface area contributed by atoms with Gasteiger partial charge < -0.3 is 4.74 Å². The van der Waals surface area contributed by atoms with Crippen LogP contribution in [-0.2, 0) is 21.9 Å². The van der Waals surface area contributed by atoms with Crippen molar-refractivity contribution in [1.29, 1.82) is 0 Å². The summed E-state index contributed by atoms with van der Waals surface area (Å²) in [5.74, 6) is 0.893. The summed E-state index contributed by atoms with van der Waals surface area (Å²) in [7, 11) is 1.86. The fourth-order valence-electron chi connectivity index (χ4n) is 2.53. The van der Waals surface area contributed by atoms with Crippen molar-refractivity contribution in [1.82, 2.24) is 0 Å². The molecule has 0 fully saturated rings. The van der Waals surface area contributed by atoms with E-state index in [2.05, 4.69) is 12.1 Å². The minimum atomic E-state index is -3.49. The molecule has 1 unspecified atom stereocenters. The molecule has 1 aliphatic rings. The highest BCUT2D eigenvalue weighted by Gasteiger charge is 2.21. The van der Waals surface area contributed by atoms with E-state index >= 15 is 0 Å². The van der Waals surface area contributed by atoms with Crippen molar-refractivity contribution >= 4 is 19.7 Å². The lowest BCUT2D eigenvalue weighted by molar-refractivity contribution is 0.225. The lowest BCUT2D eigenvalue weighted by Crippen LogP contribution is -2.24. The molecule has 20 heavy (non-hydrogen) atoms. The van der Waals surface area contributed by atoms with Crippen LogP contribution in [0.5, 0.6) is 5.75 Å². The smallest absolute Gasteiger partial charge is 0.233 e. The Bertz CT molecular complexity index is 566. The second-order valence-corrected chi connectivity index (χ2v) is 8.63. The van der Waals surface area contributed by atoms with Gasteiger partial charge in [-0.05, 0) is 48.4 Å². The maximum atomic E-state index is 11.2. The highest BCUT2D eigenvalue weighted by Crippen LogP contribution is 2.27. The number of halogens is 1. The number of aryl methyl sites for hydroxylation is 2. The number of hydrogen-bond donors (Lipinski definition) is 0. The molecule has 112 valence electrons. The van der Waals surface area contributed by atoms with Gasteiger partial charge in [0.2, 0.25) is 9.05 Å². The van der Waals surface area contributed by atoms with Crippen molar-refractivity contribution in [3.05, 3.63) is 29.3 Å². The van der Waals surface area contributed by atoms with Crippen LogP contribution in [0.15, 0.2) is 18.2 Å². The molecule has 2 rings (SSSR count). The second-order valence-electron chi connectivity index (χ2n) is 5.80. The molecule has 0 saturated heterocycles. The van der Waals surface area contributed by atoms with Gasteiger partial charge in [0, 0.05) is 16.6 Å². The van der Waals surface area contributed by atoms with Gasteiger partial charge in [-0.3, -0.25) is 0 Å². The Kier molecular flexibility index (Phi) is 4.97. The molecule has 0 saturated carbocycles. The van der Waals surface area contributed by atoms with Crippen LogP contribution in [0.1, 0.15) is 31.4 Å². The molecule has 0 N–H and O–H groups in total. The number of benzene rings is 1. The van der Waals surface area contributed by atoms with E-state index in [1.165, 1.54) is 17.5 Å². The van der Waals surface area contributed by atoms with E-state index in [1.807, 2.05) is 19.9 Å². The van der Waals surface area contributed by atoms with Crippen LogP contribution in [0.4, 0.5) is 0 Å². The van der Waals surface area contributed by atoms with E-state index < -0.39 is 9.05 Å². The minimum Gasteiger partial charge on any atom is -0.493 e. The maximum absolute atomic E-state index is 11.2. The van der Waals surface area contributed by atoms with E-state index in [1.54, 1.807) is 0 Å². The number of ether oxygens (including phenoxy) is 1. The summed E-state index contributed by atoms with van der Waals surface area (Å²) in [6.45, 7) is 4.35. The van der Waals surface area contributed by atoms with Gasteiger partial charge in [-0.1, -0.05) is 19.9 Å². The van der Waals surface area contributed by atoms with Crippen molar-refractivity contribution in [2.75, 3.05) is 12.4 Å². The third kappa shape index (κ3) is 4.38. The topological polar surface area (TPSA) is 43.4 Å². The average Bonchev–Trinajstić information content (AvgIpc) is 2.80. The summed E-state index contributed by atoms with van der Waals surface area (Å²) >= 11 is 0. The normalized spacial score (nSPS) is 16.2. The molecule has 0 aromatic heterocycles. The molecule has 0 bridgehead atoms. The second kappa shape index (κ2) is 6.35. The van der Waals surface area contributed by atoms with E-state index in [4.69, 9.17) is 15.4 Å². The lowest BCUT2D eigenvalue weighted by Gasteiger charge is -2.20. The Morgan fingerprint density at radius 1 is 1.25 bits per heavy atom. The monoisotopic (exact) mass is 316 g/mol. The fraction of sp³-hybridized carbons (Fsp3) is 0.600. The molecule has 1 aromatic rings. The SMILES string of the molecule is CC(C)C(COc1ccc2c(c1)CCC2)CS(=O)(=O)Cl. The Hall–Kier alpha value is -0.740. The first-order valence-electron chi connectivity index (χ1n) is 7.02. The molecule has 3 nitrogen and oxygen atoms in total. The number of fused-ring (bicyclic) bond motifs is 1. The first-order valence-corrected chi connectivity index (χ1v) is 9.50. The standard InChI is InChI=1S/C15H21ClO3S/c1-11(2)14(10-20(16,17)18)9-19-15-7-6-12-4-3-5-13(12)8-15/h6-8,11,14H,3-5,9-10H2,1-2H3. The molecule has 1 aromatic carbocycles. The van der Waals surface area contributed by atoms with Crippen LogP contribution in [0.25, 0.3) is 0 Å². The Morgan fingerprint density at radius 2 is 1.95 bits per heavy atom. The predicted molar refractivity (Wildman–Crippen MR) is 81.9 cm³/mol. The molecular formula is C15H21ClO3S. The molecule has 0 heterocycles. The molecule has 1 atom stereocenters. The van der Waals surface area contributed by atoms with Crippen LogP contribution in [0, 0.1) is 11.8 Å². The average molecular weight is 317 g/mol. The van der Waals surface area contributed by atoms with Gasteiger partial charge in [-0.2, -0.15) is 0 Å². The van der Waals surface area contributed by atoms with Crippen LogP contribution >= 0.6 is 10.7 Å². The summed E-state index contributed by atoms with van der Waals surface area (Å²) in [6.07, 6.45) is 3.46. The van der Waals surface area contributed by atoms with Gasteiger partial charge in [0.1, 0.15) is 5.75 Å². The highest BCUT2D eigenvalue weighted by atomic mass is 35.7. The minimum absolute atomic E-state index is 0.0445. The zero-order valence-corrected chi connectivity index (χ0v) is 13.5. The molecule has 0 radical (unpaired) electrons. The summed E-state index contributed by atoms with van der Waals surface area (Å²) in [4.78, 5) is 0. The molecule has 0 amide bonds. The fourth-order valence-corrected chi connectivity index (χ4v) is 4.01. The van der Waals surface area contributed by atoms with Gasteiger partial charge in [0.25, 0.3) is 0 Å². The van der Waals surface area contributed by atoms with Gasteiger partial charge >= 0.3 is 0 Å². The zero-order valence-electron chi connectivity index (χ0n) is 11.9. The van der Waals surface area contributed by atoms with Crippen molar-refractivity contribution < 1.29 is 13.2 Å². The zero-order chi connectivity index (χ0) is 14.8. The Balaban J connectivity index is 1.99. The van der Waals surface area contributed by atoms with E-state index in [0.717, 1.165) is 18.6 Å². The van der Waals surface area contributed by atoms with E-state index in [-0.39, 0.29) is 17.6 Å². The van der Waals surface area contributed by atoms with Crippen molar-refractivity contribution in [3.8, 4) is 5.75 Å². The number of rotatable bonds is 6. The quantitative estimate of drug-likeness (QED) is 0.756. The van der Waals surface area contributed by atoms with Gasteiger partial charge in [0.05, 0.1) is 12.4 Å². The van der Waals surface area contributed by atoms with Crippen LogP contribution in [-0.4, -0.2) is 20.8 Å². The van der Waals surface area contributed by atoms with Crippen molar-refractivity contribution in [2.24, 2.45) is 11.8 Å². The van der Waals surface area contributed by atoms with Crippen LogP contribution < -0.4 is 4.74 Å². The highest BCUT2D eigenvalue weighted by molar-refractivity contribution is 8.13.